The van der Waals surface area contributed by atoms with Crippen molar-refractivity contribution in [3.63, 3.8) is 0 Å². The van der Waals surface area contributed by atoms with Crippen LogP contribution in [-0.2, 0) is 4.74 Å². The van der Waals surface area contributed by atoms with Gasteiger partial charge in [-0.3, -0.25) is 4.90 Å². The van der Waals surface area contributed by atoms with Crippen LogP contribution in [0.2, 0.25) is 0 Å². The Balaban J connectivity index is 1.71. The molecule has 34 heavy (non-hydrogen) atoms. The first kappa shape index (κ1) is 23.3. The highest BCUT2D eigenvalue weighted by Gasteiger charge is 2.44. The number of rotatable bonds is 9. The first-order valence-corrected chi connectivity index (χ1v) is 11.6. The van der Waals surface area contributed by atoms with Crippen LogP contribution >= 0.6 is 0 Å². The second-order valence-electron chi connectivity index (χ2n) is 8.27. The first-order valence-electron chi connectivity index (χ1n) is 11.6. The molecule has 1 fully saturated rings. The number of hydrogen-bond donors (Lipinski definition) is 2. The van der Waals surface area contributed by atoms with Gasteiger partial charge in [0, 0.05) is 0 Å². The lowest BCUT2D eigenvalue weighted by molar-refractivity contribution is 0.132. The number of carbonyl (C=O) groups is 1. The molecule has 1 aliphatic rings. The topological polar surface area (TPSA) is 100 Å². The second-order valence-corrected chi connectivity index (χ2v) is 8.27. The normalized spacial score (nSPS) is 17.5. The lowest BCUT2D eigenvalue weighted by Crippen LogP contribution is -2.28. The van der Waals surface area contributed by atoms with Crippen molar-refractivity contribution in [1.82, 2.24) is 0 Å². The smallest absolute Gasteiger partial charge is 0.415 e. The summed E-state index contributed by atoms with van der Waals surface area (Å²) in [5.41, 5.74) is 15.2. The maximum atomic E-state index is 13.1. The molecule has 2 unspecified atom stereocenters. The molecule has 1 amide bonds. The molecule has 3 aromatic carbocycles. The number of nitrogen functional groups attached to an aromatic ring is 2. The molecule has 0 bridgehead atoms. The fourth-order valence-corrected chi connectivity index (χ4v) is 3.99. The number of cyclic esters (lactones) is 1. The van der Waals surface area contributed by atoms with Crippen LogP contribution in [0.3, 0.4) is 0 Å². The van der Waals surface area contributed by atoms with Gasteiger partial charge in [-0.05, 0) is 66.4 Å². The molecule has 0 saturated carbocycles. The Morgan fingerprint density at radius 1 is 0.794 bits per heavy atom. The Bertz CT molecular complexity index is 1120. The van der Waals surface area contributed by atoms with Gasteiger partial charge in [-0.1, -0.05) is 38.1 Å². The summed E-state index contributed by atoms with van der Waals surface area (Å²) in [6.45, 7) is 5.43. The van der Waals surface area contributed by atoms with Crippen LogP contribution in [-0.4, -0.2) is 19.3 Å². The van der Waals surface area contributed by atoms with Crippen LogP contribution in [0.15, 0.2) is 66.7 Å². The van der Waals surface area contributed by atoms with E-state index < -0.39 is 18.2 Å². The zero-order chi connectivity index (χ0) is 24.1. The third-order valence-corrected chi connectivity index (χ3v) is 5.71. The van der Waals surface area contributed by atoms with Crippen LogP contribution in [0, 0.1) is 0 Å². The Kier molecular flexibility index (Phi) is 7.11. The lowest BCUT2D eigenvalue weighted by atomic mass is 9.94. The standard InChI is InChI=1S/C27H31N3O4/c1-3-15-32-21-10-5-18(6-11-21)25-26(19-7-12-22(13-8-19)33-16-4-2)34-27(31)30(25)20-9-14-23(28)24(29)17-20/h5-14,17,25-26H,3-4,15-16,28-29H2,1-2H3. The molecule has 2 atom stereocenters. The highest BCUT2D eigenvalue weighted by atomic mass is 16.6. The van der Waals surface area contributed by atoms with Gasteiger partial charge in [0.25, 0.3) is 0 Å². The molecule has 7 heteroatoms. The average Bonchev–Trinajstić information content (AvgIpc) is 3.20. The number of nitrogens with zero attached hydrogens (tertiary/aromatic N) is 1. The van der Waals surface area contributed by atoms with Crippen molar-refractivity contribution >= 4 is 23.2 Å². The van der Waals surface area contributed by atoms with E-state index in [4.69, 9.17) is 25.7 Å². The molecule has 0 aromatic heterocycles. The van der Waals surface area contributed by atoms with E-state index in [2.05, 4.69) is 13.8 Å². The quantitative estimate of drug-likeness (QED) is 0.387. The van der Waals surface area contributed by atoms with Gasteiger partial charge < -0.3 is 25.7 Å². The SMILES string of the molecule is CCCOc1ccc(C2OC(=O)N(c3ccc(N)c(N)c3)C2c2ccc(OCCC)cc2)cc1. The highest BCUT2D eigenvalue weighted by Crippen LogP contribution is 2.46. The molecular formula is C27H31N3O4. The Labute approximate surface area is 200 Å². The predicted molar refractivity (Wildman–Crippen MR) is 134 cm³/mol. The molecule has 4 N–H and O–H groups in total. The molecule has 0 spiro atoms. The third-order valence-electron chi connectivity index (χ3n) is 5.71. The fourth-order valence-electron chi connectivity index (χ4n) is 3.99. The van der Waals surface area contributed by atoms with E-state index in [1.807, 2.05) is 48.5 Å². The minimum atomic E-state index is -0.520. The van der Waals surface area contributed by atoms with E-state index in [1.165, 1.54) is 0 Å². The zero-order valence-electron chi connectivity index (χ0n) is 19.6. The van der Waals surface area contributed by atoms with E-state index in [-0.39, 0.29) is 0 Å². The van der Waals surface area contributed by atoms with Gasteiger partial charge >= 0.3 is 6.09 Å². The number of nitrogens with two attached hydrogens (primary N) is 2. The molecule has 4 rings (SSSR count). The van der Waals surface area contributed by atoms with E-state index in [0.717, 1.165) is 35.5 Å². The predicted octanol–water partition coefficient (Wildman–Crippen LogP) is 5.87. The molecule has 1 aliphatic heterocycles. The average molecular weight is 462 g/mol. The van der Waals surface area contributed by atoms with E-state index >= 15 is 0 Å². The summed E-state index contributed by atoms with van der Waals surface area (Å²) in [6.07, 6.45) is 0.895. The number of ether oxygens (including phenoxy) is 3. The van der Waals surface area contributed by atoms with Crippen molar-refractivity contribution in [2.24, 2.45) is 0 Å². The van der Waals surface area contributed by atoms with Crippen molar-refractivity contribution in [3.8, 4) is 11.5 Å². The van der Waals surface area contributed by atoms with E-state index in [9.17, 15) is 4.79 Å². The summed E-state index contributed by atoms with van der Waals surface area (Å²) >= 11 is 0. The molecule has 0 aliphatic carbocycles. The number of hydrogen-bond acceptors (Lipinski definition) is 6. The van der Waals surface area contributed by atoms with Crippen LogP contribution in [0.1, 0.15) is 50.0 Å². The number of anilines is 3. The molecule has 1 heterocycles. The van der Waals surface area contributed by atoms with Gasteiger partial charge in [0.1, 0.15) is 17.5 Å². The zero-order valence-corrected chi connectivity index (χ0v) is 19.6. The maximum absolute atomic E-state index is 13.1. The number of carbonyl (C=O) groups excluding carboxylic acids is 1. The van der Waals surface area contributed by atoms with Crippen LogP contribution < -0.4 is 25.8 Å². The van der Waals surface area contributed by atoms with Gasteiger partial charge in [-0.2, -0.15) is 0 Å². The van der Waals surface area contributed by atoms with Crippen molar-refractivity contribution < 1.29 is 19.0 Å². The van der Waals surface area contributed by atoms with Crippen molar-refractivity contribution in [2.45, 2.75) is 38.8 Å². The molecule has 0 radical (unpaired) electrons. The van der Waals surface area contributed by atoms with Crippen molar-refractivity contribution in [3.05, 3.63) is 77.9 Å². The highest BCUT2D eigenvalue weighted by molar-refractivity contribution is 5.92. The van der Waals surface area contributed by atoms with Gasteiger partial charge in [-0.15, -0.1) is 0 Å². The molecule has 7 nitrogen and oxygen atoms in total. The fraction of sp³-hybridized carbons (Fsp3) is 0.296. The second kappa shape index (κ2) is 10.4. The van der Waals surface area contributed by atoms with Crippen molar-refractivity contribution in [2.75, 3.05) is 29.6 Å². The van der Waals surface area contributed by atoms with Crippen LogP contribution in [0.5, 0.6) is 11.5 Å². The summed E-state index contributed by atoms with van der Waals surface area (Å²) in [5, 5.41) is 0. The minimum absolute atomic E-state index is 0.404. The number of benzene rings is 3. The lowest BCUT2D eigenvalue weighted by Gasteiger charge is -2.26. The summed E-state index contributed by atoms with van der Waals surface area (Å²) in [6, 6.07) is 20.2. The molecule has 1 saturated heterocycles. The maximum Gasteiger partial charge on any atom is 0.415 e. The third kappa shape index (κ3) is 4.88. The van der Waals surface area contributed by atoms with Gasteiger partial charge in [0.05, 0.1) is 30.3 Å². The van der Waals surface area contributed by atoms with Crippen molar-refractivity contribution in [1.29, 1.82) is 0 Å². The Morgan fingerprint density at radius 3 is 1.88 bits per heavy atom. The Hall–Kier alpha value is -3.87. The van der Waals surface area contributed by atoms with Gasteiger partial charge in [0.2, 0.25) is 0 Å². The largest absolute Gasteiger partial charge is 0.494 e. The summed E-state index contributed by atoms with van der Waals surface area (Å²) in [4.78, 5) is 14.8. The summed E-state index contributed by atoms with van der Waals surface area (Å²) in [5.74, 6) is 1.57. The summed E-state index contributed by atoms with van der Waals surface area (Å²) in [7, 11) is 0. The summed E-state index contributed by atoms with van der Waals surface area (Å²) < 4.78 is 17.4. The minimum Gasteiger partial charge on any atom is -0.494 e. The van der Waals surface area contributed by atoms with Gasteiger partial charge in [-0.25, -0.2) is 4.79 Å². The molecule has 178 valence electrons. The van der Waals surface area contributed by atoms with E-state index in [0.29, 0.717) is 30.3 Å². The molecule has 3 aromatic rings. The molecular weight excluding hydrogens is 430 g/mol. The number of amides is 1. The Morgan fingerprint density at radius 2 is 1.35 bits per heavy atom. The van der Waals surface area contributed by atoms with Crippen LogP contribution in [0.4, 0.5) is 21.9 Å². The van der Waals surface area contributed by atoms with Crippen LogP contribution in [0.25, 0.3) is 0 Å². The first-order chi connectivity index (χ1) is 16.5. The monoisotopic (exact) mass is 461 g/mol. The van der Waals surface area contributed by atoms with E-state index in [1.54, 1.807) is 23.1 Å². The van der Waals surface area contributed by atoms with Gasteiger partial charge in [0.15, 0.2) is 6.10 Å².